The summed E-state index contributed by atoms with van der Waals surface area (Å²) >= 11 is 0. The molecule has 0 radical (unpaired) electrons. The van der Waals surface area contributed by atoms with Gasteiger partial charge in [0.05, 0.1) is 12.3 Å². The number of anilines is 1. The topological polar surface area (TPSA) is 69.4 Å². The Labute approximate surface area is 170 Å². The molecule has 6 nitrogen and oxygen atoms in total. The molecule has 3 aliphatic heterocycles. The van der Waals surface area contributed by atoms with Crippen molar-refractivity contribution in [3.63, 3.8) is 0 Å². The largest absolute Gasteiger partial charge is 0.459 e. The number of hydrogen-bond acceptors (Lipinski definition) is 6. The molecular formula is C23H26N4O2. The van der Waals surface area contributed by atoms with Crippen LogP contribution < -0.4 is 4.90 Å². The average Bonchev–Trinajstić information content (AvgIpc) is 3.43. The quantitative estimate of drug-likeness (QED) is 0.716. The zero-order valence-corrected chi connectivity index (χ0v) is 16.6. The molecule has 6 rings (SSSR count). The van der Waals surface area contributed by atoms with E-state index in [0.29, 0.717) is 41.1 Å². The van der Waals surface area contributed by atoms with Gasteiger partial charge in [0.25, 0.3) is 5.89 Å². The Morgan fingerprint density at radius 1 is 1.21 bits per heavy atom. The molecule has 1 aliphatic carbocycles. The van der Waals surface area contributed by atoms with E-state index in [-0.39, 0.29) is 0 Å². The van der Waals surface area contributed by atoms with E-state index in [9.17, 15) is 5.26 Å². The minimum Gasteiger partial charge on any atom is -0.459 e. The highest BCUT2D eigenvalue weighted by Gasteiger charge is 2.47. The molecule has 2 aromatic rings. The fraction of sp³-hybridized carbons (Fsp3) is 0.565. The summed E-state index contributed by atoms with van der Waals surface area (Å²) in [4.78, 5) is 9.51. The van der Waals surface area contributed by atoms with E-state index in [4.69, 9.17) is 8.83 Å². The maximum Gasteiger partial charge on any atom is 0.266 e. The van der Waals surface area contributed by atoms with Crippen LogP contribution in [0.4, 0.5) is 5.88 Å². The first-order valence-corrected chi connectivity index (χ1v) is 11.0. The number of piperidine rings is 3. The minimum absolute atomic E-state index is 0.326. The van der Waals surface area contributed by atoms with Crippen LogP contribution in [0, 0.1) is 23.2 Å². The van der Waals surface area contributed by atoms with Crippen molar-refractivity contribution in [2.45, 2.75) is 50.6 Å². The smallest absolute Gasteiger partial charge is 0.266 e. The second kappa shape index (κ2) is 6.77. The van der Waals surface area contributed by atoms with Gasteiger partial charge in [0.1, 0.15) is 6.07 Å². The Morgan fingerprint density at radius 2 is 2.17 bits per heavy atom. The molecule has 0 unspecified atom stereocenters. The van der Waals surface area contributed by atoms with Crippen molar-refractivity contribution in [1.29, 1.82) is 5.26 Å². The molecular weight excluding hydrogens is 364 g/mol. The number of rotatable bonds is 2. The number of oxazole rings is 1. The van der Waals surface area contributed by atoms with Gasteiger partial charge in [-0.25, -0.2) is 0 Å². The summed E-state index contributed by atoms with van der Waals surface area (Å²) in [5.41, 5.74) is 1.92. The first-order chi connectivity index (χ1) is 14.3. The Balaban J connectivity index is 1.38. The lowest BCUT2D eigenvalue weighted by Crippen LogP contribution is -2.59. The third-order valence-electron chi connectivity index (χ3n) is 7.37. The van der Waals surface area contributed by atoms with Gasteiger partial charge in [-0.05, 0) is 62.6 Å². The van der Waals surface area contributed by atoms with E-state index in [1.165, 1.54) is 45.2 Å². The highest BCUT2D eigenvalue weighted by molar-refractivity contribution is 5.57. The average molecular weight is 390 g/mol. The molecule has 0 saturated carbocycles. The summed E-state index contributed by atoms with van der Waals surface area (Å²) in [6.45, 7) is 3.32. The maximum absolute atomic E-state index is 9.73. The van der Waals surface area contributed by atoms with E-state index >= 15 is 0 Å². The van der Waals surface area contributed by atoms with Gasteiger partial charge in [-0.2, -0.15) is 10.2 Å². The molecule has 4 aliphatic rings. The Hall–Kier alpha value is -2.52. The molecule has 3 fully saturated rings. The lowest BCUT2D eigenvalue weighted by molar-refractivity contribution is 0.0306. The van der Waals surface area contributed by atoms with Gasteiger partial charge >= 0.3 is 0 Å². The summed E-state index contributed by atoms with van der Waals surface area (Å²) in [6.07, 6.45) is 11.8. The second-order valence-electron chi connectivity index (χ2n) is 8.96. The number of aromatic nitrogens is 1. The Bertz CT molecular complexity index is 970. The number of nitrogens with zero attached hydrogens (tertiary/aromatic N) is 4. The number of furan rings is 1. The zero-order valence-electron chi connectivity index (χ0n) is 16.6. The fourth-order valence-electron chi connectivity index (χ4n) is 6.29. The first-order valence-electron chi connectivity index (χ1n) is 11.0. The van der Waals surface area contributed by atoms with E-state index in [0.717, 1.165) is 19.0 Å². The molecule has 0 amide bonds. The fourth-order valence-corrected chi connectivity index (χ4v) is 6.29. The van der Waals surface area contributed by atoms with Crippen molar-refractivity contribution in [1.82, 2.24) is 9.88 Å². The van der Waals surface area contributed by atoms with Gasteiger partial charge in [-0.3, -0.25) is 4.90 Å². The van der Waals surface area contributed by atoms with Crippen molar-refractivity contribution in [2.24, 2.45) is 11.8 Å². The predicted octanol–water partition coefficient (Wildman–Crippen LogP) is 4.21. The van der Waals surface area contributed by atoms with Crippen molar-refractivity contribution in [3.8, 4) is 17.7 Å². The maximum atomic E-state index is 9.73. The van der Waals surface area contributed by atoms with Crippen LogP contribution in [0.5, 0.6) is 0 Å². The van der Waals surface area contributed by atoms with Gasteiger partial charge in [0.2, 0.25) is 11.6 Å². The Morgan fingerprint density at radius 3 is 3.03 bits per heavy atom. The standard InChI is InChI=1S/C23H26N4O2/c24-13-18-23(29-22(25-18)20-7-4-10-28-20)27-9-3-5-15-11-16-12-17(21(15)27)14-26-8-2-1-6-19(16)26/h4,7,10-11,16-17,19,21H,1-3,5-6,8-9,12,14H2/t16-,17+,19+,21+/m0/s1. The summed E-state index contributed by atoms with van der Waals surface area (Å²) in [6, 6.07) is 6.96. The molecule has 150 valence electrons. The normalized spacial score (nSPS) is 31.6. The van der Waals surface area contributed by atoms with Gasteiger partial charge in [-0.1, -0.05) is 18.1 Å². The molecule has 5 heterocycles. The highest BCUT2D eigenvalue weighted by Crippen LogP contribution is 2.46. The van der Waals surface area contributed by atoms with Gasteiger partial charge in [0, 0.05) is 19.1 Å². The Kier molecular flexibility index (Phi) is 4.05. The van der Waals surface area contributed by atoms with Crippen LogP contribution in [0.3, 0.4) is 0 Å². The summed E-state index contributed by atoms with van der Waals surface area (Å²) in [5, 5.41) is 9.73. The van der Waals surface area contributed by atoms with Crippen LogP contribution in [-0.2, 0) is 0 Å². The third-order valence-corrected chi connectivity index (χ3v) is 7.37. The lowest BCUT2D eigenvalue weighted by Gasteiger charge is -2.54. The zero-order chi connectivity index (χ0) is 19.4. The van der Waals surface area contributed by atoms with Crippen molar-refractivity contribution >= 4 is 5.88 Å². The van der Waals surface area contributed by atoms with Gasteiger partial charge in [-0.15, -0.1) is 0 Å². The summed E-state index contributed by atoms with van der Waals surface area (Å²) in [7, 11) is 0. The number of nitriles is 1. The van der Waals surface area contributed by atoms with Crippen LogP contribution in [-0.4, -0.2) is 41.6 Å². The molecule has 29 heavy (non-hydrogen) atoms. The van der Waals surface area contributed by atoms with Crippen LogP contribution in [0.2, 0.25) is 0 Å². The van der Waals surface area contributed by atoms with Crippen LogP contribution in [0.25, 0.3) is 11.7 Å². The van der Waals surface area contributed by atoms with Crippen molar-refractivity contribution in [3.05, 3.63) is 35.7 Å². The molecule has 0 aromatic carbocycles. The van der Waals surface area contributed by atoms with Gasteiger partial charge in [0.15, 0.2) is 5.76 Å². The van der Waals surface area contributed by atoms with Crippen LogP contribution in [0.15, 0.2) is 38.9 Å². The molecule has 3 saturated heterocycles. The van der Waals surface area contributed by atoms with Crippen LogP contribution >= 0.6 is 0 Å². The number of fused-ring (bicyclic) bond motifs is 6. The highest BCUT2D eigenvalue weighted by atomic mass is 16.4. The van der Waals surface area contributed by atoms with E-state index < -0.39 is 0 Å². The predicted molar refractivity (Wildman–Crippen MR) is 108 cm³/mol. The molecule has 2 bridgehead atoms. The monoisotopic (exact) mass is 390 g/mol. The van der Waals surface area contributed by atoms with Crippen molar-refractivity contribution in [2.75, 3.05) is 24.5 Å². The van der Waals surface area contributed by atoms with E-state index in [1.54, 1.807) is 11.8 Å². The first kappa shape index (κ1) is 17.3. The molecule has 6 heteroatoms. The number of hydrogen-bond donors (Lipinski definition) is 0. The van der Waals surface area contributed by atoms with Crippen molar-refractivity contribution < 1.29 is 8.83 Å². The van der Waals surface area contributed by atoms with Crippen LogP contribution in [0.1, 0.15) is 44.2 Å². The molecule has 0 N–H and O–H groups in total. The summed E-state index contributed by atoms with van der Waals surface area (Å²) in [5.74, 6) is 2.88. The lowest BCUT2D eigenvalue weighted by atomic mass is 9.68. The summed E-state index contributed by atoms with van der Waals surface area (Å²) < 4.78 is 11.6. The second-order valence-corrected chi connectivity index (χ2v) is 8.96. The molecule has 0 spiro atoms. The third kappa shape index (κ3) is 2.75. The minimum atomic E-state index is 0.326. The van der Waals surface area contributed by atoms with E-state index in [2.05, 4.69) is 26.9 Å². The molecule has 4 atom stereocenters. The molecule has 2 aromatic heterocycles. The van der Waals surface area contributed by atoms with E-state index in [1.807, 2.05) is 12.1 Å². The SMILES string of the molecule is N#Cc1nc(-c2ccco2)oc1N1CCCC2=C[C@H]3C[C@H](CN4CCCC[C@H]34)[C@@H]21. The van der Waals surface area contributed by atoms with Gasteiger partial charge < -0.3 is 13.7 Å².